The van der Waals surface area contributed by atoms with Crippen LogP contribution in [0.25, 0.3) is 0 Å². The molecule has 1 saturated heterocycles. The lowest BCUT2D eigenvalue weighted by Gasteiger charge is -2.51. The molecule has 1 aromatic heterocycles. The van der Waals surface area contributed by atoms with Gasteiger partial charge in [-0.05, 0) is 60.9 Å². The molecule has 2 aliphatic rings. The fraction of sp³-hybridized carbons (Fsp3) is 0.433. The van der Waals surface area contributed by atoms with Crippen LogP contribution in [0.4, 0.5) is 0 Å². The molecule has 38 heavy (non-hydrogen) atoms. The highest BCUT2D eigenvalue weighted by atomic mass is 16.5. The van der Waals surface area contributed by atoms with Crippen molar-refractivity contribution in [1.82, 2.24) is 14.5 Å². The van der Waals surface area contributed by atoms with Gasteiger partial charge in [-0.15, -0.1) is 0 Å². The minimum absolute atomic E-state index is 0.0268. The third-order valence-electron chi connectivity index (χ3n) is 7.65. The van der Waals surface area contributed by atoms with Crippen LogP contribution in [0.5, 0.6) is 5.75 Å². The van der Waals surface area contributed by atoms with Crippen molar-refractivity contribution in [2.24, 2.45) is 11.7 Å². The molecule has 0 radical (unpaired) electrons. The van der Waals surface area contributed by atoms with Crippen molar-refractivity contribution in [3.63, 3.8) is 0 Å². The summed E-state index contributed by atoms with van der Waals surface area (Å²) in [5.41, 5.74) is 8.94. The second kappa shape index (κ2) is 11.0. The average molecular weight is 517 g/mol. The van der Waals surface area contributed by atoms with Gasteiger partial charge >= 0.3 is 0 Å². The van der Waals surface area contributed by atoms with E-state index in [1.165, 1.54) is 18.4 Å². The first-order valence-corrected chi connectivity index (χ1v) is 13.3. The number of rotatable bonds is 12. The highest BCUT2D eigenvalue weighted by Gasteiger charge is 2.50. The predicted octanol–water partition coefficient (Wildman–Crippen LogP) is 3.57. The number of nitrogens with zero attached hydrogens (tertiary/aromatic N) is 3. The van der Waals surface area contributed by atoms with Crippen molar-refractivity contribution in [3.8, 4) is 5.75 Å². The van der Waals surface area contributed by atoms with Gasteiger partial charge in [0, 0.05) is 19.0 Å². The zero-order valence-electron chi connectivity index (χ0n) is 22.1. The molecule has 5 rings (SSSR count). The van der Waals surface area contributed by atoms with Gasteiger partial charge in [-0.3, -0.25) is 9.59 Å². The molecule has 2 heterocycles. The van der Waals surface area contributed by atoms with Crippen LogP contribution in [0.2, 0.25) is 0 Å². The fourth-order valence-corrected chi connectivity index (χ4v) is 5.16. The molecule has 200 valence electrons. The first-order valence-electron chi connectivity index (χ1n) is 13.3. The van der Waals surface area contributed by atoms with Crippen molar-refractivity contribution in [2.45, 2.75) is 50.7 Å². The number of hydrogen-bond donors (Lipinski definition) is 1. The van der Waals surface area contributed by atoms with E-state index >= 15 is 0 Å². The molecule has 0 unspecified atom stereocenters. The summed E-state index contributed by atoms with van der Waals surface area (Å²) in [5.74, 6) is 1.06. The van der Waals surface area contributed by atoms with Crippen molar-refractivity contribution in [3.05, 3.63) is 83.4 Å². The van der Waals surface area contributed by atoms with Crippen LogP contribution in [-0.4, -0.2) is 53.1 Å². The summed E-state index contributed by atoms with van der Waals surface area (Å²) < 4.78 is 13.7. The van der Waals surface area contributed by atoms with Crippen LogP contribution in [0, 0.1) is 12.8 Å². The Morgan fingerprint density at radius 1 is 1.13 bits per heavy atom. The Morgan fingerprint density at radius 3 is 2.53 bits per heavy atom. The van der Waals surface area contributed by atoms with E-state index in [0.717, 1.165) is 29.2 Å². The van der Waals surface area contributed by atoms with E-state index in [1.807, 2.05) is 52.1 Å². The molecule has 1 atom stereocenters. The number of primary amides is 1. The van der Waals surface area contributed by atoms with Gasteiger partial charge in [-0.2, -0.15) is 0 Å². The van der Waals surface area contributed by atoms with E-state index in [9.17, 15) is 9.59 Å². The highest BCUT2D eigenvalue weighted by Crippen LogP contribution is 2.41. The SMILES string of the molecule is COc1ccc(C[C@H](C(=O)N2CC(OCC3CC3)(c3ccccc3C)C2)n2cnc(CCC(N)=O)c2)cc1. The molecule has 1 aliphatic heterocycles. The first-order chi connectivity index (χ1) is 18.4. The van der Waals surface area contributed by atoms with Gasteiger partial charge in [0.2, 0.25) is 11.8 Å². The monoisotopic (exact) mass is 516 g/mol. The molecule has 1 saturated carbocycles. The van der Waals surface area contributed by atoms with Gasteiger partial charge in [-0.1, -0.05) is 36.4 Å². The second-order valence-corrected chi connectivity index (χ2v) is 10.6. The number of aryl methyl sites for hydroxylation is 2. The number of carbonyl (C=O) groups excluding carboxylic acids is 2. The maximum absolute atomic E-state index is 14.0. The second-order valence-electron chi connectivity index (χ2n) is 10.6. The lowest BCUT2D eigenvalue weighted by atomic mass is 9.82. The lowest BCUT2D eigenvalue weighted by molar-refractivity contribution is -0.177. The maximum atomic E-state index is 14.0. The number of ether oxygens (including phenoxy) is 2. The minimum atomic E-state index is -0.476. The zero-order valence-corrected chi connectivity index (χ0v) is 22.1. The number of likely N-dealkylation sites (tertiary alicyclic amines) is 1. The van der Waals surface area contributed by atoms with E-state index in [2.05, 4.69) is 24.0 Å². The van der Waals surface area contributed by atoms with E-state index in [0.29, 0.717) is 31.8 Å². The predicted molar refractivity (Wildman–Crippen MR) is 144 cm³/mol. The van der Waals surface area contributed by atoms with Crippen molar-refractivity contribution < 1.29 is 19.1 Å². The van der Waals surface area contributed by atoms with Gasteiger partial charge in [0.25, 0.3) is 0 Å². The number of methoxy groups -OCH3 is 1. The summed E-state index contributed by atoms with van der Waals surface area (Å²) in [7, 11) is 1.64. The largest absolute Gasteiger partial charge is 0.497 e. The van der Waals surface area contributed by atoms with Gasteiger partial charge in [0.05, 0.1) is 38.8 Å². The Morgan fingerprint density at radius 2 is 1.87 bits per heavy atom. The number of benzene rings is 2. The van der Waals surface area contributed by atoms with Crippen LogP contribution in [-0.2, 0) is 32.8 Å². The Bertz CT molecular complexity index is 1280. The molecular weight excluding hydrogens is 480 g/mol. The van der Waals surface area contributed by atoms with E-state index in [4.69, 9.17) is 15.2 Å². The van der Waals surface area contributed by atoms with Gasteiger partial charge in [0.15, 0.2) is 0 Å². The summed E-state index contributed by atoms with van der Waals surface area (Å²) in [6.07, 6.45) is 7.14. The molecule has 8 nitrogen and oxygen atoms in total. The fourth-order valence-electron chi connectivity index (χ4n) is 5.16. The van der Waals surface area contributed by atoms with E-state index in [-0.39, 0.29) is 18.2 Å². The molecule has 2 fully saturated rings. The van der Waals surface area contributed by atoms with Gasteiger partial charge in [0.1, 0.15) is 17.4 Å². The summed E-state index contributed by atoms with van der Waals surface area (Å²) in [6, 6.07) is 15.6. The van der Waals surface area contributed by atoms with Crippen LogP contribution in [0.15, 0.2) is 61.1 Å². The quantitative estimate of drug-likeness (QED) is 0.397. The van der Waals surface area contributed by atoms with Crippen LogP contribution in [0.3, 0.4) is 0 Å². The summed E-state index contributed by atoms with van der Waals surface area (Å²) in [5, 5.41) is 0. The number of imidazole rings is 1. The normalized spacial score (nSPS) is 17.1. The number of nitrogens with two attached hydrogens (primary N) is 1. The van der Waals surface area contributed by atoms with Crippen LogP contribution >= 0.6 is 0 Å². The van der Waals surface area contributed by atoms with E-state index < -0.39 is 11.6 Å². The molecule has 1 aliphatic carbocycles. The standard InChI is InChI=1S/C30H36N4O4/c1-21-5-3-4-6-26(21)30(38-17-23-7-8-23)18-34(19-30)29(36)27(15-22-9-12-25(37-2)13-10-22)33-16-24(32-20-33)11-14-28(31)35/h3-6,9-10,12-13,16,20,23,27H,7-8,11,14-15,17-19H2,1-2H3,(H2,31,35)/t27-/m1/s1. The number of amides is 2. The third kappa shape index (κ3) is 5.75. The van der Waals surface area contributed by atoms with Crippen molar-refractivity contribution in [1.29, 1.82) is 0 Å². The molecule has 8 heteroatoms. The summed E-state index contributed by atoms with van der Waals surface area (Å²) in [4.78, 5) is 31.6. The molecule has 0 spiro atoms. The first kappa shape index (κ1) is 26.0. The number of aromatic nitrogens is 2. The number of hydrogen-bond acceptors (Lipinski definition) is 5. The average Bonchev–Trinajstić information content (AvgIpc) is 3.61. The maximum Gasteiger partial charge on any atom is 0.246 e. The summed E-state index contributed by atoms with van der Waals surface area (Å²) >= 11 is 0. The Kier molecular flexibility index (Phi) is 7.51. The lowest BCUT2D eigenvalue weighted by Crippen LogP contribution is -2.64. The molecule has 3 aromatic rings. The zero-order chi connectivity index (χ0) is 26.7. The molecule has 0 bridgehead atoms. The van der Waals surface area contributed by atoms with Crippen molar-refractivity contribution >= 4 is 11.8 Å². The van der Waals surface area contributed by atoms with Gasteiger partial charge < -0.3 is 24.7 Å². The number of carbonyl (C=O) groups is 2. The highest BCUT2D eigenvalue weighted by molar-refractivity contribution is 5.82. The Balaban J connectivity index is 1.37. The minimum Gasteiger partial charge on any atom is -0.497 e. The smallest absolute Gasteiger partial charge is 0.246 e. The van der Waals surface area contributed by atoms with Crippen LogP contribution < -0.4 is 10.5 Å². The van der Waals surface area contributed by atoms with Gasteiger partial charge in [-0.25, -0.2) is 4.98 Å². The van der Waals surface area contributed by atoms with Crippen molar-refractivity contribution in [2.75, 3.05) is 26.8 Å². The topological polar surface area (TPSA) is 99.7 Å². The summed E-state index contributed by atoms with van der Waals surface area (Å²) in [6.45, 7) is 3.88. The molecule has 2 amide bonds. The molecular formula is C30H36N4O4. The Labute approximate surface area is 223 Å². The Hall–Kier alpha value is -3.65. The molecule has 2 N–H and O–H groups in total. The third-order valence-corrected chi connectivity index (χ3v) is 7.65. The van der Waals surface area contributed by atoms with Crippen LogP contribution in [0.1, 0.15) is 47.7 Å². The molecule has 2 aromatic carbocycles. The van der Waals surface area contributed by atoms with E-state index in [1.54, 1.807) is 13.4 Å².